The number of hydrogen-bond acceptors (Lipinski definition) is 4. The molecule has 6 nitrogen and oxygen atoms in total. The second kappa shape index (κ2) is 7.99. The Balaban J connectivity index is 1.40. The van der Waals surface area contributed by atoms with Gasteiger partial charge in [0.1, 0.15) is 0 Å². The van der Waals surface area contributed by atoms with E-state index in [1.165, 1.54) is 4.68 Å². The van der Waals surface area contributed by atoms with Crippen molar-refractivity contribution in [3.8, 4) is 22.4 Å². The highest BCUT2D eigenvalue weighted by atomic mass is 16.1. The number of hydrogen-bond donors (Lipinski definition) is 0. The van der Waals surface area contributed by atoms with Crippen LogP contribution in [-0.4, -0.2) is 24.5 Å². The molecule has 0 bridgehead atoms. The highest BCUT2D eigenvalue weighted by molar-refractivity contribution is 5.83. The monoisotopic (exact) mass is 407 g/mol. The summed E-state index contributed by atoms with van der Waals surface area (Å²) in [5.41, 5.74) is 5.84. The Morgan fingerprint density at radius 1 is 0.871 bits per heavy atom. The fraction of sp³-hybridized carbons (Fsp3) is 0.120. The molecule has 0 aliphatic heterocycles. The van der Waals surface area contributed by atoms with Crippen LogP contribution in [0.5, 0.6) is 0 Å². The van der Waals surface area contributed by atoms with Crippen LogP contribution in [0.15, 0.2) is 90.1 Å². The maximum absolute atomic E-state index is 12.3. The summed E-state index contributed by atoms with van der Waals surface area (Å²) in [7, 11) is 1.90. The summed E-state index contributed by atoms with van der Waals surface area (Å²) in [5.74, 6) is 0. The number of aryl methyl sites for hydroxylation is 3. The van der Waals surface area contributed by atoms with E-state index >= 15 is 0 Å². The maximum Gasteiger partial charge on any atom is 0.266 e. The number of pyridine rings is 1. The lowest BCUT2D eigenvalue weighted by atomic mass is 10.1. The zero-order valence-corrected chi connectivity index (χ0v) is 17.1. The molecule has 31 heavy (non-hydrogen) atoms. The zero-order chi connectivity index (χ0) is 21.2. The second-order valence-corrected chi connectivity index (χ2v) is 7.55. The van der Waals surface area contributed by atoms with E-state index in [1.54, 1.807) is 16.8 Å². The van der Waals surface area contributed by atoms with Gasteiger partial charge in [-0.3, -0.25) is 14.5 Å². The van der Waals surface area contributed by atoms with E-state index in [9.17, 15) is 4.79 Å². The minimum Gasteiger partial charge on any atom is -0.275 e. The summed E-state index contributed by atoms with van der Waals surface area (Å²) >= 11 is 0. The molecule has 0 atom stereocenters. The Bertz CT molecular complexity index is 1420. The lowest BCUT2D eigenvalue weighted by Gasteiger charge is -2.08. The largest absolute Gasteiger partial charge is 0.275 e. The number of nitrogens with zero attached hydrogens (tertiary/aromatic N) is 5. The number of aromatic nitrogens is 5. The van der Waals surface area contributed by atoms with Crippen molar-refractivity contribution in [3.63, 3.8) is 0 Å². The van der Waals surface area contributed by atoms with Gasteiger partial charge in [-0.1, -0.05) is 36.4 Å². The highest BCUT2D eigenvalue weighted by Gasteiger charge is 2.06. The van der Waals surface area contributed by atoms with Gasteiger partial charge in [-0.05, 0) is 36.2 Å². The quantitative estimate of drug-likeness (QED) is 0.440. The summed E-state index contributed by atoms with van der Waals surface area (Å²) in [4.78, 5) is 16.9. The Morgan fingerprint density at radius 3 is 2.55 bits per heavy atom. The third kappa shape index (κ3) is 4.00. The normalized spacial score (nSPS) is 11.1. The van der Waals surface area contributed by atoms with E-state index in [1.807, 2.05) is 62.0 Å². The van der Waals surface area contributed by atoms with Gasteiger partial charge in [0.05, 0.1) is 17.4 Å². The van der Waals surface area contributed by atoms with Crippen molar-refractivity contribution in [1.82, 2.24) is 24.5 Å². The van der Waals surface area contributed by atoms with Crippen LogP contribution in [-0.2, 0) is 20.0 Å². The smallest absolute Gasteiger partial charge is 0.266 e. The molecule has 0 aliphatic rings. The average molecular weight is 407 g/mol. The van der Waals surface area contributed by atoms with Gasteiger partial charge in [0.25, 0.3) is 5.56 Å². The van der Waals surface area contributed by atoms with Crippen molar-refractivity contribution in [2.45, 2.75) is 13.0 Å². The van der Waals surface area contributed by atoms with Gasteiger partial charge in [0.2, 0.25) is 0 Å². The van der Waals surface area contributed by atoms with Crippen molar-refractivity contribution >= 4 is 10.9 Å². The van der Waals surface area contributed by atoms with Gasteiger partial charge in [-0.2, -0.15) is 10.2 Å². The number of fused-ring (bicyclic) bond motifs is 1. The SMILES string of the molecule is Cn1cc(-c2cnc3ccc(CCn4nc(-c5ccccc5)ccc4=O)cc3c2)cn1. The van der Waals surface area contributed by atoms with E-state index in [0.717, 1.165) is 38.9 Å². The van der Waals surface area contributed by atoms with Crippen LogP contribution < -0.4 is 5.56 Å². The topological polar surface area (TPSA) is 65.6 Å². The van der Waals surface area contributed by atoms with E-state index in [2.05, 4.69) is 33.4 Å². The number of rotatable bonds is 5. The summed E-state index contributed by atoms with van der Waals surface area (Å²) in [6.07, 6.45) is 6.39. The molecule has 152 valence electrons. The molecule has 0 fully saturated rings. The van der Waals surface area contributed by atoms with E-state index in [0.29, 0.717) is 13.0 Å². The molecule has 3 aromatic heterocycles. The predicted molar refractivity (Wildman–Crippen MR) is 122 cm³/mol. The molecule has 5 aromatic rings. The van der Waals surface area contributed by atoms with Crippen molar-refractivity contribution in [2.75, 3.05) is 0 Å². The average Bonchev–Trinajstić information content (AvgIpc) is 3.25. The zero-order valence-electron chi connectivity index (χ0n) is 17.1. The van der Waals surface area contributed by atoms with Crippen molar-refractivity contribution < 1.29 is 0 Å². The van der Waals surface area contributed by atoms with Gasteiger partial charge in [-0.15, -0.1) is 0 Å². The van der Waals surface area contributed by atoms with Gasteiger partial charge < -0.3 is 0 Å². The molecule has 0 spiro atoms. The van der Waals surface area contributed by atoms with Crippen LogP contribution in [0.2, 0.25) is 0 Å². The standard InChI is InChI=1S/C25H21N5O/c1-29-17-22(16-27-29)21-14-20-13-18(7-8-23(20)26-15-21)11-12-30-25(31)10-9-24(28-30)19-5-3-2-4-6-19/h2-10,13-17H,11-12H2,1H3. The molecule has 3 heterocycles. The molecule has 5 rings (SSSR count). The fourth-order valence-electron chi connectivity index (χ4n) is 3.67. The van der Waals surface area contributed by atoms with Crippen LogP contribution in [0.1, 0.15) is 5.56 Å². The first-order valence-electron chi connectivity index (χ1n) is 10.2. The first-order valence-corrected chi connectivity index (χ1v) is 10.2. The summed E-state index contributed by atoms with van der Waals surface area (Å²) in [6.45, 7) is 0.515. The Morgan fingerprint density at radius 2 is 1.74 bits per heavy atom. The Labute approximate surface area is 179 Å². The third-order valence-corrected chi connectivity index (χ3v) is 5.33. The van der Waals surface area contributed by atoms with Crippen molar-refractivity contribution in [2.24, 2.45) is 7.05 Å². The lowest BCUT2D eigenvalue weighted by Crippen LogP contribution is -2.23. The molecule has 6 heteroatoms. The third-order valence-electron chi connectivity index (χ3n) is 5.33. The van der Waals surface area contributed by atoms with Gasteiger partial charge in [0.15, 0.2) is 0 Å². The van der Waals surface area contributed by atoms with Crippen LogP contribution in [0, 0.1) is 0 Å². The highest BCUT2D eigenvalue weighted by Crippen LogP contribution is 2.23. The Kier molecular flexibility index (Phi) is 4.88. The Hall–Kier alpha value is -4.06. The van der Waals surface area contributed by atoms with E-state index in [4.69, 9.17) is 0 Å². The minimum atomic E-state index is -0.0963. The molecule has 0 saturated carbocycles. The van der Waals surface area contributed by atoms with Crippen LogP contribution in [0.3, 0.4) is 0 Å². The molecular weight excluding hydrogens is 386 g/mol. The van der Waals surface area contributed by atoms with E-state index < -0.39 is 0 Å². The maximum atomic E-state index is 12.3. The van der Waals surface area contributed by atoms with E-state index in [-0.39, 0.29) is 5.56 Å². The first kappa shape index (κ1) is 18.9. The minimum absolute atomic E-state index is 0.0963. The van der Waals surface area contributed by atoms with Gasteiger partial charge in [0, 0.05) is 54.1 Å². The second-order valence-electron chi connectivity index (χ2n) is 7.55. The van der Waals surface area contributed by atoms with Crippen molar-refractivity contribution in [3.05, 3.63) is 101 Å². The van der Waals surface area contributed by atoms with Crippen LogP contribution in [0.4, 0.5) is 0 Å². The molecule has 0 amide bonds. The molecule has 0 unspecified atom stereocenters. The number of benzene rings is 2. The fourth-order valence-corrected chi connectivity index (χ4v) is 3.67. The molecule has 0 saturated heterocycles. The van der Waals surface area contributed by atoms with Gasteiger partial charge in [-0.25, -0.2) is 4.68 Å². The molecular formula is C25H21N5O. The van der Waals surface area contributed by atoms with Crippen LogP contribution in [0.25, 0.3) is 33.3 Å². The summed E-state index contributed by atoms with van der Waals surface area (Å²) in [6, 6.07) is 21.6. The molecule has 0 N–H and O–H groups in total. The summed E-state index contributed by atoms with van der Waals surface area (Å²) < 4.78 is 3.32. The predicted octanol–water partition coefficient (Wildman–Crippen LogP) is 4.10. The molecule has 0 radical (unpaired) electrons. The van der Waals surface area contributed by atoms with Gasteiger partial charge >= 0.3 is 0 Å². The first-order chi connectivity index (χ1) is 15.2. The molecule has 0 aliphatic carbocycles. The lowest BCUT2D eigenvalue weighted by molar-refractivity contribution is 0.581. The molecule has 2 aromatic carbocycles. The summed E-state index contributed by atoms with van der Waals surface area (Å²) in [5, 5.41) is 9.87. The van der Waals surface area contributed by atoms with Crippen LogP contribution >= 0.6 is 0 Å². The van der Waals surface area contributed by atoms with Crippen molar-refractivity contribution in [1.29, 1.82) is 0 Å².